The van der Waals surface area contributed by atoms with E-state index in [-0.39, 0.29) is 16.9 Å². The van der Waals surface area contributed by atoms with Gasteiger partial charge in [0.1, 0.15) is 22.7 Å². The number of hydrogen-bond donors (Lipinski definition) is 2. The predicted molar refractivity (Wildman–Crippen MR) is 156 cm³/mol. The summed E-state index contributed by atoms with van der Waals surface area (Å²) in [6.07, 6.45) is 6.62. The zero-order valence-electron chi connectivity index (χ0n) is 22.2. The molecule has 0 bridgehead atoms. The van der Waals surface area contributed by atoms with Crippen LogP contribution in [0.4, 0.5) is 5.82 Å². The summed E-state index contributed by atoms with van der Waals surface area (Å²) in [6, 6.07) is 17.4. The Bertz CT molecular complexity index is 2070. The maximum Gasteiger partial charge on any atom is 0.267 e. The Morgan fingerprint density at radius 1 is 1.00 bits per heavy atom. The predicted octanol–water partition coefficient (Wildman–Crippen LogP) is 3.51. The molecule has 0 aliphatic rings. The molecule has 10 heteroatoms. The van der Waals surface area contributed by atoms with E-state index >= 15 is 0 Å². The molecule has 0 spiro atoms. The van der Waals surface area contributed by atoms with Crippen LogP contribution in [0.15, 0.2) is 90.2 Å². The molecule has 0 aliphatic carbocycles. The zero-order valence-corrected chi connectivity index (χ0v) is 22.2. The Morgan fingerprint density at radius 3 is 2.61 bits per heavy atom. The maximum absolute atomic E-state index is 14.2. The van der Waals surface area contributed by atoms with Crippen LogP contribution in [0, 0.1) is 11.8 Å². The van der Waals surface area contributed by atoms with Gasteiger partial charge in [0.25, 0.3) is 11.5 Å². The normalized spacial score (nSPS) is 11.7. The fraction of sp³-hybridized carbons (Fsp3) is 0.0968. The maximum atomic E-state index is 14.2. The number of aromatic nitrogens is 6. The van der Waals surface area contributed by atoms with E-state index < -0.39 is 11.9 Å². The van der Waals surface area contributed by atoms with Gasteiger partial charge in [-0.3, -0.25) is 23.7 Å². The molecule has 0 radical (unpaired) electrons. The van der Waals surface area contributed by atoms with Crippen molar-refractivity contribution in [2.75, 3.05) is 5.73 Å². The monoisotopic (exact) mass is 540 g/mol. The highest BCUT2D eigenvalue weighted by molar-refractivity contribution is 6.09. The molecule has 1 atom stereocenters. The summed E-state index contributed by atoms with van der Waals surface area (Å²) in [5.74, 6) is 5.74. The molecular weight excluding hydrogens is 516 g/mol. The molecule has 1 aromatic carbocycles. The van der Waals surface area contributed by atoms with Gasteiger partial charge >= 0.3 is 0 Å². The molecule has 41 heavy (non-hydrogen) atoms. The average Bonchev–Trinajstić information content (AvgIpc) is 3.40. The third-order valence-corrected chi connectivity index (χ3v) is 6.64. The lowest BCUT2D eigenvalue weighted by atomic mass is 10.0. The summed E-state index contributed by atoms with van der Waals surface area (Å²) in [6.45, 7) is 1.77. The molecule has 0 saturated carbocycles. The van der Waals surface area contributed by atoms with Crippen molar-refractivity contribution in [2.24, 2.45) is 7.05 Å². The summed E-state index contributed by atoms with van der Waals surface area (Å²) < 4.78 is 3.15. The van der Waals surface area contributed by atoms with E-state index in [1.165, 1.54) is 4.40 Å². The first-order valence-corrected chi connectivity index (χ1v) is 12.8. The number of carbonyl (C=O) groups excluding carboxylic acids is 1. The van der Waals surface area contributed by atoms with Gasteiger partial charge in [-0.2, -0.15) is 5.10 Å². The van der Waals surface area contributed by atoms with Crippen LogP contribution in [-0.2, 0) is 7.05 Å². The van der Waals surface area contributed by atoms with Crippen molar-refractivity contribution in [2.45, 2.75) is 13.0 Å². The van der Waals surface area contributed by atoms with Gasteiger partial charge in [0.05, 0.1) is 34.6 Å². The van der Waals surface area contributed by atoms with Crippen molar-refractivity contribution in [3.05, 3.63) is 118 Å². The summed E-state index contributed by atoms with van der Waals surface area (Å²) in [7, 11) is 1.81. The minimum absolute atomic E-state index is 0.0626. The molecule has 0 unspecified atom stereocenters. The van der Waals surface area contributed by atoms with Gasteiger partial charge in [-0.25, -0.2) is 9.97 Å². The molecule has 200 valence electrons. The van der Waals surface area contributed by atoms with Crippen molar-refractivity contribution in [1.82, 2.24) is 34.4 Å². The van der Waals surface area contributed by atoms with Crippen LogP contribution in [0.3, 0.4) is 0 Å². The number of nitrogens with two attached hydrogens (primary N) is 1. The number of aryl methyl sites for hydroxylation is 1. The van der Waals surface area contributed by atoms with Crippen LogP contribution in [-0.4, -0.2) is 35.0 Å². The Kier molecular flexibility index (Phi) is 6.45. The number of amides is 1. The highest BCUT2D eigenvalue weighted by Crippen LogP contribution is 2.26. The zero-order chi connectivity index (χ0) is 28.5. The third-order valence-electron chi connectivity index (χ3n) is 6.64. The third kappa shape index (κ3) is 4.77. The first kappa shape index (κ1) is 25.5. The summed E-state index contributed by atoms with van der Waals surface area (Å²) in [4.78, 5) is 41.1. The van der Waals surface area contributed by atoms with E-state index in [1.54, 1.807) is 60.7 Å². The highest BCUT2D eigenvalue weighted by Gasteiger charge is 2.24. The molecule has 6 rings (SSSR count). The molecule has 1 amide bonds. The number of benzene rings is 1. The van der Waals surface area contributed by atoms with Gasteiger partial charge in [-0.1, -0.05) is 42.3 Å². The average molecular weight is 541 g/mol. The van der Waals surface area contributed by atoms with Gasteiger partial charge in [-0.15, -0.1) is 0 Å². The van der Waals surface area contributed by atoms with Gasteiger partial charge in [0.2, 0.25) is 0 Å². The number of nitrogens with one attached hydrogen (secondary N) is 1. The number of anilines is 1. The Morgan fingerprint density at radius 2 is 1.83 bits per heavy atom. The van der Waals surface area contributed by atoms with E-state index in [2.05, 4.69) is 32.2 Å². The number of nitrogens with zero attached hydrogens (tertiary/aromatic N) is 6. The molecule has 0 aliphatic heterocycles. The largest absolute Gasteiger partial charge is 0.383 e. The van der Waals surface area contributed by atoms with Crippen molar-refractivity contribution in [3.8, 4) is 23.0 Å². The number of nitrogen functional groups attached to an aromatic ring is 1. The van der Waals surface area contributed by atoms with Crippen molar-refractivity contribution in [3.63, 3.8) is 0 Å². The van der Waals surface area contributed by atoms with Crippen LogP contribution >= 0.6 is 0 Å². The van der Waals surface area contributed by atoms with Crippen LogP contribution in [0.5, 0.6) is 0 Å². The van der Waals surface area contributed by atoms with Crippen LogP contribution in [0.1, 0.15) is 40.3 Å². The molecule has 10 nitrogen and oxygen atoms in total. The van der Waals surface area contributed by atoms with Crippen molar-refractivity contribution < 1.29 is 4.79 Å². The standard InChI is InChI=1S/C31H24N8O2/c1-19(36-30(40)26-28-22(10-7-15-33-28)17-34-29(26)32)27-25(21-8-4-3-5-9-21)31(41)39-23(11-6-12-24(39)37-27)14-13-20-16-35-38(2)18-20/h3-12,15-19H,1-2H3,(H2,32,34)(H,36,40)/t19-/m0/s1. The Hall–Kier alpha value is -5.82. The van der Waals surface area contributed by atoms with Crippen LogP contribution in [0.25, 0.3) is 27.7 Å². The second-order valence-corrected chi connectivity index (χ2v) is 9.46. The highest BCUT2D eigenvalue weighted by atomic mass is 16.2. The molecule has 5 heterocycles. The number of hydrogen-bond acceptors (Lipinski definition) is 7. The lowest BCUT2D eigenvalue weighted by molar-refractivity contribution is 0.0941. The lowest BCUT2D eigenvalue weighted by Crippen LogP contribution is -2.31. The number of rotatable bonds is 4. The van der Waals surface area contributed by atoms with Gasteiger partial charge in [-0.05, 0) is 42.7 Å². The molecule has 5 aromatic heterocycles. The second kappa shape index (κ2) is 10.4. The molecular formula is C31H24N8O2. The van der Waals surface area contributed by atoms with E-state index in [0.29, 0.717) is 39.1 Å². The van der Waals surface area contributed by atoms with Crippen molar-refractivity contribution in [1.29, 1.82) is 0 Å². The van der Waals surface area contributed by atoms with Crippen LogP contribution in [0.2, 0.25) is 0 Å². The van der Waals surface area contributed by atoms with E-state index in [1.807, 2.05) is 43.4 Å². The summed E-state index contributed by atoms with van der Waals surface area (Å²) in [5.41, 5.74) is 9.44. The smallest absolute Gasteiger partial charge is 0.267 e. The molecule has 6 aromatic rings. The van der Waals surface area contributed by atoms with Crippen LogP contribution < -0.4 is 16.6 Å². The second-order valence-electron chi connectivity index (χ2n) is 9.46. The number of fused-ring (bicyclic) bond motifs is 2. The summed E-state index contributed by atoms with van der Waals surface area (Å²) >= 11 is 0. The van der Waals surface area contributed by atoms with Gasteiger partial charge < -0.3 is 11.1 Å². The quantitative estimate of drug-likeness (QED) is 0.327. The van der Waals surface area contributed by atoms with E-state index in [9.17, 15) is 9.59 Å². The number of carbonyl (C=O) groups is 1. The fourth-order valence-electron chi connectivity index (χ4n) is 4.73. The van der Waals surface area contributed by atoms with Crippen molar-refractivity contribution >= 4 is 28.3 Å². The lowest BCUT2D eigenvalue weighted by Gasteiger charge is -2.19. The summed E-state index contributed by atoms with van der Waals surface area (Å²) in [5, 5.41) is 7.80. The minimum atomic E-state index is -0.668. The van der Waals surface area contributed by atoms with E-state index in [0.717, 1.165) is 5.56 Å². The van der Waals surface area contributed by atoms with Gasteiger partial charge in [0, 0.05) is 31.0 Å². The topological polar surface area (TPSA) is 133 Å². The van der Waals surface area contributed by atoms with Gasteiger partial charge in [0.15, 0.2) is 0 Å². The fourth-order valence-corrected chi connectivity index (χ4v) is 4.73. The Labute approximate surface area is 234 Å². The first-order chi connectivity index (χ1) is 19.9. The molecule has 3 N–H and O–H groups in total. The molecule has 0 saturated heterocycles. The SMILES string of the molecule is C[C@H](NC(=O)c1c(N)ncc2cccnc12)c1nc2cccc(C#Cc3cnn(C)c3)n2c(=O)c1-c1ccccc1. The van der Waals surface area contributed by atoms with E-state index in [4.69, 9.17) is 10.7 Å². The Balaban J connectivity index is 1.48. The minimum Gasteiger partial charge on any atom is -0.383 e. The first-order valence-electron chi connectivity index (χ1n) is 12.8. The number of pyridine rings is 3. The molecule has 0 fully saturated rings.